The van der Waals surface area contributed by atoms with Gasteiger partial charge in [-0.1, -0.05) is 27.2 Å². The van der Waals surface area contributed by atoms with E-state index in [9.17, 15) is 4.57 Å². The highest BCUT2D eigenvalue weighted by Crippen LogP contribution is 2.40. The summed E-state index contributed by atoms with van der Waals surface area (Å²) in [5.74, 6) is 1.43. The van der Waals surface area contributed by atoms with Crippen molar-refractivity contribution in [2.45, 2.75) is 52.2 Å². The summed E-state index contributed by atoms with van der Waals surface area (Å²) in [6.07, 6.45) is 2.25. The molecular formula is C13H26O5P+. The van der Waals surface area contributed by atoms with Gasteiger partial charge in [-0.2, -0.15) is 0 Å². The van der Waals surface area contributed by atoms with Crippen molar-refractivity contribution in [2.24, 2.45) is 17.8 Å². The SMILES string of the molecule is CC(C)[C@@H]1CC[C@@H](C)CC1O[P+](=O)OC(CO)CO. The molecule has 0 aromatic heterocycles. The van der Waals surface area contributed by atoms with E-state index in [0.717, 1.165) is 12.8 Å². The molecule has 1 aliphatic rings. The highest BCUT2D eigenvalue weighted by Gasteiger charge is 2.39. The Hall–Kier alpha value is -0.0600. The lowest BCUT2D eigenvalue weighted by molar-refractivity contribution is 0.0135. The van der Waals surface area contributed by atoms with Crippen LogP contribution in [-0.2, 0) is 13.6 Å². The topological polar surface area (TPSA) is 76.0 Å². The van der Waals surface area contributed by atoms with Gasteiger partial charge in [0, 0.05) is 4.57 Å². The first-order chi connectivity index (χ1) is 8.97. The average molecular weight is 293 g/mol. The summed E-state index contributed by atoms with van der Waals surface area (Å²) in [6.45, 7) is 5.74. The van der Waals surface area contributed by atoms with E-state index >= 15 is 0 Å². The molecule has 1 saturated carbocycles. The monoisotopic (exact) mass is 293 g/mol. The third-order valence-electron chi connectivity index (χ3n) is 3.83. The molecule has 0 saturated heterocycles. The summed E-state index contributed by atoms with van der Waals surface area (Å²) in [6, 6.07) is 0. The minimum Gasteiger partial charge on any atom is -0.393 e. The fraction of sp³-hybridized carbons (Fsp3) is 1.00. The predicted molar refractivity (Wildman–Crippen MR) is 72.9 cm³/mol. The van der Waals surface area contributed by atoms with Gasteiger partial charge in [0.15, 0.2) is 6.10 Å². The molecule has 0 aromatic rings. The van der Waals surface area contributed by atoms with Crippen molar-refractivity contribution >= 4 is 8.25 Å². The second-order valence-corrected chi connectivity index (χ2v) is 6.65. The molecule has 5 nitrogen and oxygen atoms in total. The molecule has 0 aromatic carbocycles. The van der Waals surface area contributed by atoms with Crippen LogP contribution in [0.2, 0.25) is 0 Å². The number of hydrogen-bond acceptors (Lipinski definition) is 5. The predicted octanol–water partition coefficient (Wildman–Crippen LogP) is 2.49. The molecule has 0 aliphatic heterocycles. The van der Waals surface area contributed by atoms with Gasteiger partial charge < -0.3 is 10.2 Å². The Morgan fingerprint density at radius 3 is 2.42 bits per heavy atom. The minimum absolute atomic E-state index is 0.0644. The van der Waals surface area contributed by atoms with Crippen molar-refractivity contribution < 1.29 is 23.8 Å². The van der Waals surface area contributed by atoms with Gasteiger partial charge in [-0.15, -0.1) is 9.05 Å². The van der Waals surface area contributed by atoms with Crippen molar-refractivity contribution in [3.63, 3.8) is 0 Å². The summed E-state index contributed by atoms with van der Waals surface area (Å²) in [4.78, 5) is 0. The third kappa shape index (κ3) is 5.44. The molecule has 1 fully saturated rings. The highest BCUT2D eigenvalue weighted by atomic mass is 31.1. The smallest absolute Gasteiger partial charge is 0.393 e. The first kappa shape index (κ1) is 17.0. The average Bonchev–Trinajstić information content (AvgIpc) is 2.35. The summed E-state index contributed by atoms with van der Waals surface area (Å²) < 4.78 is 22.3. The first-order valence-electron chi connectivity index (χ1n) is 7.00. The van der Waals surface area contributed by atoms with Crippen LogP contribution in [0.1, 0.15) is 40.0 Å². The maximum Gasteiger partial charge on any atom is 0.698 e. The Labute approximate surface area is 116 Å². The normalized spacial score (nSPS) is 29.0. The van der Waals surface area contributed by atoms with Crippen LogP contribution >= 0.6 is 8.25 Å². The largest absolute Gasteiger partial charge is 0.698 e. The zero-order chi connectivity index (χ0) is 14.4. The maximum absolute atomic E-state index is 11.8. The molecule has 6 heteroatoms. The van der Waals surface area contributed by atoms with Crippen molar-refractivity contribution in [1.82, 2.24) is 0 Å². The van der Waals surface area contributed by atoms with Gasteiger partial charge in [-0.25, -0.2) is 0 Å². The highest BCUT2D eigenvalue weighted by molar-refractivity contribution is 7.33. The van der Waals surface area contributed by atoms with Crippen LogP contribution in [0.4, 0.5) is 0 Å². The molecule has 19 heavy (non-hydrogen) atoms. The molecule has 112 valence electrons. The van der Waals surface area contributed by atoms with Crippen LogP contribution in [0, 0.1) is 17.8 Å². The zero-order valence-corrected chi connectivity index (χ0v) is 12.9. The quantitative estimate of drug-likeness (QED) is 0.705. The maximum atomic E-state index is 11.8. The summed E-state index contributed by atoms with van der Waals surface area (Å²) in [5, 5.41) is 17.8. The Morgan fingerprint density at radius 1 is 1.26 bits per heavy atom. The van der Waals surface area contributed by atoms with Crippen LogP contribution in [0.5, 0.6) is 0 Å². The summed E-state index contributed by atoms with van der Waals surface area (Å²) in [5.41, 5.74) is 0. The molecule has 0 spiro atoms. The van der Waals surface area contributed by atoms with Crippen molar-refractivity contribution in [3.8, 4) is 0 Å². The van der Waals surface area contributed by atoms with Gasteiger partial charge >= 0.3 is 8.25 Å². The Bertz CT molecular complexity index is 280. The number of aliphatic hydroxyl groups is 2. The molecule has 2 N–H and O–H groups in total. The fourth-order valence-electron chi connectivity index (χ4n) is 2.62. The molecule has 1 aliphatic carbocycles. The molecule has 0 heterocycles. The molecular weight excluding hydrogens is 267 g/mol. The van der Waals surface area contributed by atoms with Crippen LogP contribution in [0.15, 0.2) is 0 Å². The van der Waals surface area contributed by atoms with Crippen LogP contribution in [0.3, 0.4) is 0 Å². The fourth-order valence-corrected chi connectivity index (χ4v) is 3.51. The molecule has 1 rings (SSSR count). The van der Waals surface area contributed by atoms with E-state index in [1.807, 2.05) is 0 Å². The second-order valence-electron chi connectivity index (χ2n) is 5.79. The second kappa shape index (κ2) is 8.28. The lowest BCUT2D eigenvalue weighted by Crippen LogP contribution is -2.33. The molecule has 0 radical (unpaired) electrons. The van der Waals surface area contributed by atoms with Gasteiger partial charge in [-0.05, 0) is 30.6 Å². The van der Waals surface area contributed by atoms with E-state index in [1.165, 1.54) is 6.42 Å². The Kier molecular flexibility index (Phi) is 7.40. The van der Waals surface area contributed by atoms with Crippen LogP contribution < -0.4 is 0 Å². The first-order valence-corrected chi connectivity index (χ1v) is 8.10. The van der Waals surface area contributed by atoms with E-state index in [4.69, 9.17) is 19.3 Å². The van der Waals surface area contributed by atoms with Crippen molar-refractivity contribution in [2.75, 3.05) is 13.2 Å². The van der Waals surface area contributed by atoms with Crippen molar-refractivity contribution in [3.05, 3.63) is 0 Å². The van der Waals surface area contributed by atoms with E-state index in [1.54, 1.807) is 0 Å². The lowest BCUT2D eigenvalue weighted by atomic mass is 9.75. The summed E-state index contributed by atoms with van der Waals surface area (Å²) >= 11 is 0. The van der Waals surface area contributed by atoms with Crippen LogP contribution in [0.25, 0.3) is 0 Å². The summed E-state index contributed by atoms with van der Waals surface area (Å²) in [7, 11) is -2.29. The number of hydrogen-bond donors (Lipinski definition) is 2. The molecule has 2 unspecified atom stereocenters. The van der Waals surface area contributed by atoms with Crippen molar-refractivity contribution in [1.29, 1.82) is 0 Å². The molecule has 4 atom stereocenters. The van der Waals surface area contributed by atoms with Gasteiger partial charge in [0.2, 0.25) is 0 Å². The Morgan fingerprint density at radius 2 is 1.89 bits per heavy atom. The van der Waals surface area contributed by atoms with E-state index in [2.05, 4.69) is 20.8 Å². The standard InChI is InChI=1S/C13H26O5P/c1-9(2)12-5-4-10(3)6-13(12)18-19(16)17-11(7-14)8-15/h9-15H,4-8H2,1-3H3/q+1/t10-,12+,13?/m1/s1. The van der Waals surface area contributed by atoms with E-state index < -0.39 is 14.4 Å². The molecule has 0 amide bonds. The minimum atomic E-state index is -2.29. The zero-order valence-electron chi connectivity index (χ0n) is 12.0. The van der Waals surface area contributed by atoms with Gasteiger partial charge in [0.25, 0.3) is 0 Å². The third-order valence-corrected chi connectivity index (χ3v) is 4.74. The number of rotatable bonds is 7. The van der Waals surface area contributed by atoms with Gasteiger partial charge in [0.1, 0.15) is 6.10 Å². The number of aliphatic hydroxyl groups excluding tert-OH is 2. The van der Waals surface area contributed by atoms with E-state index in [-0.39, 0.29) is 19.3 Å². The Balaban J connectivity index is 2.53. The lowest BCUT2D eigenvalue weighted by Gasteiger charge is -2.33. The van der Waals surface area contributed by atoms with E-state index in [0.29, 0.717) is 17.8 Å². The van der Waals surface area contributed by atoms with Crippen LogP contribution in [-0.4, -0.2) is 35.6 Å². The van der Waals surface area contributed by atoms with Gasteiger partial charge in [-0.3, -0.25) is 0 Å². The van der Waals surface area contributed by atoms with Gasteiger partial charge in [0.05, 0.1) is 13.2 Å². The molecule has 0 bridgehead atoms.